The number of amides is 2. The van der Waals surface area contributed by atoms with Gasteiger partial charge in [-0.3, -0.25) is 24.2 Å². The number of nitrogens with zero attached hydrogens (tertiary/aromatic N) is 2. The molecular weight excluding hydrogens is 320 g/mol. The molecule has 0 bridgehead atoms. The van der Waals surface area contributed by atoms with Crippen LogP contribution in [0.1, 0.15) is 53.3 Å². The predicted octanol–water partition coefficient (Wildman–Crippen LogP) is 1.85. The summed E-state index contributed by atoms with van der Waals surface area (Å²) in [5, 5.41) is 3.03. The average Bonchev–Trinajstić information content (AvgIpc) is 2.78. The van der Waals surface area contributed by atoms with Gasteiger partial charge in [-0.2, -0.15) is 0 Å². The summed E-state index contributed by atoms with van der Waals surface area (Å²) in [6.45, 7) is 2.43. The van der Waals surface area contributed by atoms with E-state index in [2.05, 4.69) is 0 Å². The minimum absolute atomic E-state index is 0.0974. The second kappa shape index (κ2) is 5.79. The van der Waals surface area contributed by atoms with Crippen LogP contribution >= 0.6 is 0 Å². The molecule has 0 aromatic heterocycles. The number of fused-ring (bicyclic) bond motifs is 2. The Hall–Kier alpha value is -2.50. The molecule has 0 spiro atoms. The lowest BCUT2D eigenvalue weighted by molar-refractivity contribution is -0.173. The van der Waals surface area contributed by atoms with Crippen LogP contribution in [-0.2, 0) is 9.59 Å². The minimum atomic E-state index is -0.994. The van der Waals surface area contributed by atoms with Crippen LogP contribution in [0.5, 0.6) is 0 Å². The number of hydrogen-bond acceptors (Lipinski definition) is 4. The van der Waals surface area contributed by atoms with Crippen LogP contribution in [0, 0.1) is 11.8 Å². The first kappa shape index (κ1) is 16.0. The largest absolute Gasteiger partial charge is 0.293 e. The highest BCUT2D eigenvalue weighted by Gasteiger charge is 2.50. The lowest BCUT2D eigenvalue weighted by Crippen LogP contribution is -2.57. The summed E-state index contributed by atoms with van der Waals surface area (Å²) in [7, 11) is 0. The zero-order chi connectivity index (χ0) is 17.7. The molecule has 2 amide bonds. The second-order valence-corrected chi connectivity index (χ2v) is 7.09. The fourth-order valence-electron chi connectivity index (χ4n) is 4.33. The highest BCUT2D eigenvalue weighted by Crippen LogP contribution is 2.37. The van der Waals surface area contributed by atoms with Crippen molar-refractivity contribution in [2.24, 2.45) is 11.8 Å². The van der Waals surface area contributed by atoms with Crippen molar-refractivity contribution in [1.29, 1.82) is 0 Å². The van der Waals surface area contributed by atoms with Crippen molar-refractivity contribution in [3.8, 4) is 0 Å². The molecule has 25 heavy (non-hydrogen) atoms. The standard InChI is InChI=1S/C19H20N2O4/c1-11-5-4-10-20-15(22)9-8-14(19(25)21(11)20)16-17(23)12-6-2-3-7-13(12)18(16)24/h2-3,6-7,11,14,16H,4-5,8-10H2,1H3/t11?,14-/m1/s1. The summed E-state index contributed by atoms with van der Waals surface area (Å²) in [6, 6.07) is 6.62. The van der Waals surface area contributed by atoms with E-state index in [1.807, 2.05) is 6.92 Å². The fraction of sp³-hybridized carbons (Fsp3) is 0.474. The molecule has 6 heteroatoms. The minimum Gasteiger partial charge on any atom is -0.293 e. The number of rotatable bonds is 1. The third-order valence-electron chi connectivity index (χ3n) is 5.59. The van der Waals surface area contributed by atoms with E-state index in [4.69, 9.17) is 0 Å². The third-order valence-corrected chi connectivity index (χ3v) is 5.59. The third kappa shape index (κ3) is 2.31. The Bertz CT molecular complexity index is 752. The maximum Gasteiger partial charge on any atom is 0.245 e. The molecule has 2 atom stereocenters. The van der Waals surface area contributed by atoms with Crippen molar-refractivity contribution >= 4 is 23.4 Å². The van der Waals surface area contributed by atoms with Gasteiger partial charge < -0.3 is 0 Å². The summed E-state index contributed by atoms with van der Waals surface area (Å²) in [5.41, 5.74) is 0.786. The molecule has 0 N–H and O–H groups in total. The highest BCUT2D eigenvalue weighted by molar-refractivity contribution is 6.27. The van der Waals surface area contributed by atoms with Gasteiger partial charge >= 0.3 is 0 Å². The molecule has 2 fully saturated rings. The first-order chi connectivity index (χ1) is 12.0. The maximum atomic E-state index is 13.2. The van der Waals surface area contributed by atoms with Crippen LogP contribution in [0.4, 0.5) is 0 Å². The zero-order valence-corrected chi connectivity index (χ0v) is 14.1. The number of hydrogen-bond donors (Lipinski definition) is 0. The first-order valence-corrected chi connectivity index (χ1v) is 8.81. The van der Waals surface area contributed by atoms with E-state index in [-0.39, 0.29) is 42.3 Å². The number of carbonyl (C=O) groups is 4. The van der Waals surface area contributed by atoms with Gasteiger partial charge in [0.25, 0.3) is 0 Å². The molecule has 3 aliphatic rings. The Morgan fingerprint density at radius 3 is 2.24 bits per heavy atom. The van der Waals surface area contributed by atoms with E-state index in [1.165, 1.54) is 10.0 Å². The number of benzene rings is 1. The van der Waals surface area contributed by atoms with Gasteiger partial charge in [-0.05, 0) is 26.2 Å². The van der Waals surface area contributed by atoms with Gasteiger partial charge in [-0.1, -0.05) is 24.3 Å². The van der Waals surface area contributed by atoms with Crippen LogP contribution < -0.4 is 0 Å². The number of ketones is 2. The zero-order valence-electron chi connectivity index (χ0n) is 14.1. The van der Waals surface area contributed by atoms with Crippen LogP contribution in [0.2, 0.25) is 0 Å². The summed E-state index contributed by atoms with van der Waals surface area (Å²) < 4.78 is 0. The summed E-state index contributed by atoms with van der Waals surface area (Å²) in [5.74, 6) is -2.70. The number of hydrazine groups is 1. The SMILES string of the molecule is CC1CCCN2C(=O)CC[C@H](C3C(=O)c4ccccc4C3=O)C(=O)N12. The van der Waals surface area contributed by atoms with Crippen molar-refractivity contribution in [3.05, 3.63) is 35.4 Å². The van der Waals surface area contributed by atoms with Crippen molar-refractivity contribution in [2.75, 3.05) is 6.54 Å². The van der Waals surface area contributed by atoms with Gasteiger partial charge in [0.2, 0.25) is 11.8 Å². The van der Waals surface area contributed by atoms with E-state index in [0.29, 0.717) is 17.7 Å². The van der Waals surface area contributed by atoms with Gasteiger partial charge in [0.05, 0.1) is 17.9 Å². The smallest absolute Gasteiger partial charge is 0.245 e. The summed E-state index contributed by atoms with van der Waals surface area (Å²) in [4.78, 5) is 51.2. The van der Waals surface area contributed by atoms with E-state index in [1.54, 1.807) is 24.3 Å². The van der Waals surface area contributed by atoms with Crippen molar-refractivity contribution in [3.63, 3.8) is 0 Å². The average molecular weight is 340 g/mol. The van der Waals surface area contributed by atoms with Crippen LogP contribution in [0.15, 0.2) is 24.3 Å². The predicted molar refractivity (Wildman–Crippen MR) is 88.6 cm³/mol. The molecule has 2 saturated heterocycles. The van der Waals surface area contributed by atoms with Crippen molar-refractivity contribution < 1.29 is 19.2 Å². The van der Waals surface area contributed by atoms with E-state index in [9.17, 15) is 19.2 Å². The molecule has 0 radical (unpaired) electrons. The molecule has 6 nitrogen and oxygen atoms in total. The lowest BCUT2D eigenvalue weighted by Gasteiger charge is -2.42. The monoisotopic (exact) mass is 340 g/mol. The second-order valence-electron chi connectivity index (χ2n) is 7.09. The first-order valence-electron chi connectivity index (χ1n) is 8.81. The summed E-state index contributed by atoms with van der Waals surface area (Å²) >= 11 is 0. The highest BCUT2D eigenvalue weighted by atomic mass is 16.2. The summed E-state index contributed by atoms with van der Waals surface area (Å²) in [6.07, 6.45) is 2.10. The normalized spacial score (nSPS) is 27.4. The molecule has 1 unspecified atom stereocenters. The molecule has 0 saturated carbocycles. The number of Topliss-reactive ketones (excluding diaryl/α,β-unsaturated/α-hetero) is 2. The van der Waals surface area contributed by atoms with Gasteiger partial charge in [0, 0.05) is 24.1 Å². The molecule has 4 rings (SSSR count). The van der Waals surface area contributed by atoms with Gasteiger partial charge in [-0.25, -0.2) is 5.01 Å². The molecule has 1 aromatic carbocycles. The lowest BCUT2D eigenvalue weighted by atomic mass is 9.84. The Balaban J connectivity index is 1.71. The van der Waals surface area contributed by atoms with E-state index < -0.39 is 11.8 Å². The van der Waals surface area contributed by atoms with E-state index >= 15 is 0 Å². The van der Waals surface area contributed by atoms with Gasteiger partial charge in [0.1, 0.15) is 0 Å². The van der Waals surface area contributed by atoms with Crippen molar-refractivity contribution in [2.45, 2.75) is 38.6 Å². The topological polar surface area (TPSA) is 74.8 Å². The number of carbonyl (C=O) groups excluding carboxylic acids is 4. The Labute approximate surface area is 145 Å². The quantitative estimate of drug-likeness (QED) is 0.731. The molecule has 2 aliphatic heterocycles. The Kier molecular flexibility index (Phi) is 3.71. The molecule has 130 valence electrons. The molecule has 2 heterocycles. The van der Waals surface area contributed by atoms with Crippen LogP contribution in [-0.4, -0.2) is 46.0 Å². The molecule has 1 aromatic rings. The van der Waals surface area contributed by atoms with Crippen LogP contribution in [0.25, 0.3) is 0 Å². The van der Waals surface area contributed by atoms with Crippen molar-refractivity contribution in [1.82, 2.24) is 10.0 Å². The Morgan fingerprint density at radius 1 is 0.960 bits per heavy atom. The fourth-order valence-corrected chi connectivity index (χ4v) is 4.33. The van der Waals surface area contributed by atoms with Gasteiger partial charge in [-0.15, -0.1) is 0 Å². The molecule has 1 aliphatic carbocycles. The van der Waals surface area contributed by atoms with Crippen LogP contribution in [0.3, 0.4) is 0 Å². The Morgan fingerprint density at radius 2 is 1.60 bits per heavy atom. The maximum absolute atomic E-state index is 13.2. The van der Waals surface area contributed by atoms with Gasteiger partial charge in [0.15, 0.2) is 11.6 Å². The van der Waals surface area contributed by atoms with E-state index in [0.717, 1.165) is 12.8 Å². The molecular formula is C19H20N2O4.